The number of hydrogen-bond donors (Lipinski definition) is 3. The number of aliphatic hydroxyl groups excluding tert-OH is 1. The Morgan fingerprint density at radius 2 is 1.95 bits per heavy atom. The van der Waals surface area contributed by atoms with Gasteiger partial charge in [-0.3, -0.25) is 0 Å². The van der Waals surface area contributed by atoms with Crippen LogP contribution in [-0.2, 0) is 4.79 Å². The molecular formula is C14H24N2O4. The second kappa shape index (κ2) is 6.43. The molecule has 3 N–H and O–H groups in total. The number of carbonyl (C=O) groups excluding carboxylic acids is 1. The van der Waals surface area contributed by atoms with Gasteiger partial charge in [-0.15, -0.1) is 0 Å². The summed E-state index contributed by atoms with van der Waals surface area (Å²) in [7, 11) is 0. The standard InChI is InChI=1S/C14H24N2O4/c1-9-3-2-4-10(6-5-9)15-14(20)16-8-11(17)7-12(16)13(18)19/h9-12,17H,2-8H2,1H3,(H,15,20)(H,18,19)/t9?,10?,11-,12-/m0/s1. The molecule has 2 amide bonds. The number of β-amino-alcohol motifs (C(OH)–C–C–N with tert-alkyl or cyclic N) is 1. The van der Waals surface area contributed by atoms with Crippen LogP contribution in [0.1, 0.15) is 45.4 Å². The van der Waals surface area contributed by atoms with Crippen molar-refractivity contribution in [3.63, 3.8) is 0 Å². The number of carboxylic acids is 1. The van der Waals surface area contributed by atoms with Crippen molar-refractivity contribution in [1.29, 1.82) is 0 Å². The number of nitrogens with zero attached hydrogens (tertiary/aromatic N) is 1. The van der Waals surface area contributed by atoms with E-state index in [0.717, 1.165) is 25.7 Å². The van der Waals surface area contributed by atoms with Crippen molar-refractivity contribution in [3.05, 3.63) is 0 Å². The first-order valence-corrected chi connectivity index (χ1v) is 7.45. The Hall–Kier alpha value is -1.30. The second-order valence-corrected chi connectivity index (χ2v) is 6.16. The highest BCUT2D eigenvalue weighted by molar-refractivity contribution is 5.83. The Kier molecular flexibility index (Phi) is 4.86. The first-order chi connectivity index (χ1) is 9.47. The van der Waals surface area contributed by atoms with Gasteiger partial charge < -0.3 is 20.4 Å². The topological polar surface area (TPSA) is 89.9 Å². The monoisotopic (exact) mass is 284 g/mol. The van der Waals surface area contributed by atoms with Crippen molar-refractivity contribution in [2.45, 2.75) is 63.6 Å². The Morgan fingerprint density at radius 1 is 1.20 bits per heavy atom. The van der Waals surface area contributed by atoms with Gasteiger partial charge in [0.05, 0.1) is 6.10 Å². The zero-order valence-corrected chi connectivity index (χ0v) is 11.9. The largest absolute Gasteiger partial charge is 0.480 e. The van der Waals surface area contributed by atoms with Gasteiger partial charge in [0.15, 0.2) is 0 Å². The molecule has 4 atom stereocenters. The maximum atomic E-state index is 12.2. The van der Waals surface area contributed by atoms with Crippen LogP contribution in [0.3, 0.4) is 0 Å². The van der Waals surface area contributed by atoms with Crippen LogP contribution in [0.2, 0.25) is 0 Å². The Morgan fingerprint density at radius 3 is 2.65 bits per heavy atom. The van der Waals surface area contributed by atoms with Crippen molar-refractivity contribution >= 4 is 12.0 Å². The summed E-state index contributed by atoms with van der Waals surface area (Å²) in [4.78, 5) is 24.6. The molecule has 1 aliphatic carbocycles. The molecule has 2 fully saturated rings. The summed E-state index contributed by atoms with van der Waals surface area (Å²) in [6.07, 6.45) is 4.64. The molecule has 6 nitrogen and oxygen atoms in total. The third kappa shape index (κ3) is 3.62. The van der Waals surface area contributed by atoms with Crippen LogP contribution in [0.4, 0.5) is 4.79 Å². The molecule has 0 bridgehead atoms. The van der Waals surface area contributed by atoms with Crippen LogP contribution in [0.5, 0.6) is 0 Å². The zero-order valence-electron chi connectivity index (χ0n) is 11.9. The summed E-state index contributed by atoms with van der Waals surface area (Å²) in [5, 5.41) is 21.6. The molecule has 2 unspecified atom stereocenters. The summed E-state index contributed by atoms with van der Waals surface area (Å²) in [6.45, 7) is 2.33. The van der Waals surface area contributed by atoms with Gasteiger partial charge in [0.2, 0.25) is 0 Å². The molecule has 1 saturated heterocycles. The van der Waals surface area contributed by atoms with Crippen molar-refractivity contribution in [1.82, 2.24) is 10.2 Å². The van der Waals surface area contributed by atoms with E-state index in [9.17, 15) is 14.7 Å². The normalized spacial score (nSPS) is 34.6. The smallest absolute Gasteiger partial charge is 0.326 e. The van der Waals surface area contributed by atoms with Gasteiger partial charge in [0, 0.05) is 19.0 Å². The quantitative estimate of drug-likeness (QED) is 0.664. The number of nitrogens with one attached hydrogen (secondary N) is 1. The molecule has 1 aliphatic heterocycles. The Bertz CT molecular complexity index is 374. The van der Waals surface area contributed by atoms with Crippen molar-refractivity contribution in [2.24, 2.45) is 5.92 Å². The van der Waals surface area contributed by atoms with Crippen LogP contribution >= 0.6 is 0 Å². The van der Waals surface area contributed by atoms with Gasteiger partial charge in [-0.1, -0.05) is 19.8 Å². The molecule has 0 aromatic carbocycles. The van der Waals surface area contributed by atoms with Gasteiger partial charge in [-0.05, 0) is 25.2 Å². The van der Waals surface area contributed by atoms with Crippen LogP contribution < -0.4 is 5.32 Å². The highest BCUT2D eigenvalue weighted by Crippen LogP contribution is 2.24. The fourth-order valence-electron chi connectivity index (χ4n) is 3.16. The third-order valence-electron chi connectivity index (χ3n) is 4.41. The summed E-state index contributed by atoms with van der Waals surface area (Å²) >= 11 is 0. The average Bonchev–Trinajstić information content (AvgIpc) is 2.67. The average molecular weight is 284 g/mol. The predicted molar refractivity (Wildman–Crippen MR) is 73.3 cm³/mol. The first kappa shape index (κ1) is 15.1. The summed E-state index contributed by atoms with van der Waals surface area (Å²) < 4.78 is 0. The SMILES string of the molecule is CC1CCCC(NC(=O)N2C[C@@H](O)C[C@H]2C(=O)O)CC1. The Labute approximate surface area is 119 Å². The zero-order chi connectivity index (χ0) is 14.7. The van der Waals surface area contributed by atoms with E-state index in [4.69, 9.17) is 5.11 Å². The molecule has 2 aliphatic rings. The number of urea groups is 1. The van der Waals surface area contributed by atoms with Crippen LogP contribution in [0.25, 0.3) is 0 Å². The fourth-order valence-corrected chi connectivity index (χ4v) is 3.16. The van der Waals surface area contributed by atoms with Gasteiger partial charge >= 0.3 is 12.0 Å². The third-order valence-corrected chi connectivity index (χ3v) is 4.41. The minimum absolute atomic E-state index is 0.103. The number of hydrogen-bond acceptors (Lipinski definition) is 3. The van der Waals surface area contributed by atoms with E-state index in [2.05, 4.69) is 12.2 Å². The maximum Gasteiger partial charge on any atom is 0.326 e. The van der Waals surface area contributed by atoms with Crippen molar-refractivity contribution < 1.29 is 19.8 Å². The van der Waals surface area contributed by atoms with Crippen LogP contribution in [0, 0.1) is 5.92 Å². The Balaban J connectivity index is 1.92. The van der Waals surface area contributed by atoms with Gasteiger partial charge in [-0.25, -0.2) is 9.59 Å². The van der Waals surface area contributed by atoms with Gasteiger partial charge in [-0.2, -0.15) is 0 Å². The van der Waals surface area contributed by atoms with E-state index < -0.39 is 18.1 Å². The molecule has 0 aromatic heterocycles. The number of aliphatic carboxylic acids is 1. The predicted octanol–water partition coefficient (Wildman–Crippen LogP) is 1.18. The molecular weight excluding hydrogens is 260 g/mol. The second-order valence-electron chi connectivity index (χ2n) is 6.16. The molecule has 0 spiro atoms. The highest BCUT2D eigenvalue weighted by atomic mass is 16.4. The van der Waals surface area contributed by atoms with Gasteiger partial charge in [0.1, 0.15) is 6.04 Å². The van der Waals surface area contributed by atoms with Crippen LogP contribution in [0.15, 0.2) is 0 Å². The lowest BCUT2D eigenvalue weighted by Crippen LogP contribution is -2.49. The van der Waals surface area contributed by atoms with E-state index in [0.29, 0.717) is 5.92 Å². The molecule has 6 heteroatoms. The maximum absolute atomic E-state index is 12.2. The molecule has 1 heterocycles. The molecule has 114 valence electrons. The summed E-state index contributed by atoms with van der Waals surface area (Å²) in [5.74, 6) is -0.358. The van der Waals surface area contributed by atoms with E-state index in [1.54, 1.807) is 0 Å². The van der Waals surface area contributed by atoms with E-state index in [1.165, 1.54) is 11.3 Å². The summed E-state index contributed by atoms with van der Waals surface area (Å²) in [6, 6.07) is -1.14. The lowest BCUT2D eigenvalue weighted by atomic mass is 10.0. The number of carbonyl (C=O) groups is 2. The fraction of sp³-hybridized carbons (Fsp3) is 0.857. The molecule has 20 heavy (non-hydrogen) atoms. The number of aliphatic hydroxyl groups is 1. The molecule has 0 radical (unpaired) electrons. The van der Waals surface area contributed by atoms with E-state index in [-0.39, 0.29) is 25.0 Å². The molecule has 1 saturated carbocycles. The minimum atomic E-state index is -1.05. The lowest BCUT2D eigenvalue weighted by molar-refractivity contribution is -0.141. The molecule has 0 aromatic rings. The minimum Gasteiger partial charge on any atom is -0.480 e. The number of likely N-dealkylation sites (tertiary alicyclic amines) is 1. The van der Waals surface area contributed by atoms with Crippen LogP contribution in [-0.4, -0.2) is 51.8 Å². The van der Waals surface area contributed by atoms with Crippen molar-refractivity contribution in [3.8, 4) is 0 Å². The van der Waals surface area contributed by atoms with Gasteiger partial charge in [0.25, 0.3) is 0 Å². The van der Waals surface area contributed by atoms with Crippen molar-refractivity contribution in [2.75, 3.05) is 6.54 Å². The highest BCUT2D eigenvalue weighted by Gasteiger charge is 2.39. The van der Waals surface area contributed by atoms with E-state index in [1.807, 2.05) is 0 Å². The van der Waals surface area contributed by atoms with E-state index >= 15 is 0 Å². The summed E-state index contributed by atoms with van der Waals surface area (Å²) in [5.41, 5.74) is 0. The number of rotatable bonds is 2. The lowest BCUT2D eigenvalue weighted by Gasteiger charge is -2.25. The molecule has 2 rings (SSSR count). The first-order valence-electron chi connectivity index (χ1n) is 7.45. The number of carboxylic acid groups (broad SMARTS) is 1. The number of amides is 2.